The van der Waals surface area contributed by atoms with Crippen molar-refractivity contribution in [3.05, 3.63) is 24.0 Å². The number of benzene rings is 1. The number of unbranched alkanes of at least 4 members (excludes halogenated alkanes) is 1. The fourth-order valence-electron chi connectivity index (χ4n) is 2.53. The van der Waals surface area contributed by atoms with E-state index >= 15 is 0 Å². The molecule has 1 aromatic rings. The van der Waals surface area contributed by atoms with E-state index in [4.69, 9.17) is 15.2 Å². The van der Waals surface area contributed by atoms with Crippen LogP contribution in [-0.4, -0.2) is 39.5 Å². The number of hydrogen-bond acceptors (Lipinski definition) is 4. The molecular weight excluding hydrogens is 271 g/mol. The van der Waals surface area contributed by atoms with E-state index in [0.717, 1.165) is 56.8 Å². The molecule has 0 aromatic heterocycles. The molecule has 4 nitrogen and oxygen atoms in total. The summed E-state index contributed by atoms with van der Waals surface area (Å²) in [4.78, 5) is 2.16. The van der Waals surface area contributed by atoms with Gasteiger partial charge in [-0.15, -0.1) is 0 Å². The molecule has 2 rings (SSSR count). The van der Waals surface area contributed by atoms with Crippen LogP contribution in [0, 0.1) is 5.82 Å². The molecule has 5 heteroatoms. The van der Waals surface area contributed by atoms with E-state index in [1.165, 1.54) is 6.07 Å². The Bertz CT molecular complexity index is 434. The fourth-order valence-corrected chi connectivity index (χ4v) is 2.53. The maximum Gasteiger partial charge on any atom is 0.142 e. The summed E-state index contributed by atoms with van der Waals surface area (Å²) in [6.45, 7) is 3.06. The summed E-state index contributed by atoms with van der Waals surface area (Å²) in [7, 11) is 1.69. The lowest BCUT2D eigenvalue weighted by molar-refractivity contribution is 0.184. The van der Waals surface area contributed by atoms with Gasteiger partial charge in [0.15, 0.2) is 0 Å². The summed E-state index contributed by atoms with van der Waals surface area (Å²) < 4.78 is 24.4. The number of rotatable bonds is 7. The van der Waals surface area contributed by atoms with Crippen molar-refractivity contribution < 1.29 is 13.9 Å². The van der Waals surface area contributed by atoms with Gasteiger partial charge in [0.2, 0.25) is 0 Å². The minimum atomic E-state index is -0.230. The first-order chi connectivity index (χ1) is 10.2. The van der Waals surface area contributed by atoms with Crippen LogP contribution < -0.4 is 15.4 Å². The predicted octanol–water partition coefficient (Wildman–Crippen LogP) is 2.56. The third kappa shape index (κ3) is 4.86. The highest BCUT2D eigenvalue weighted by Crippen LogP contribution is 2.31. The largest absolute Gasteiger partial charge is 0.491 e. The van der Waals surface area contributed by atoms with Crippen molar-refractivity contribution >= 4 is 5.69 Å². The topological polar surface area (TPSA) is 47.7 Å². The first-order valence-electron chi connectivity index (χ1n) is 7.62. The van der Waals surface area contributed by atoms with E-state index in [-0.39, 0.29) is 11.9 Å². The molecule has 1 heterocycles. The minimum Gasteiger partial charge on any atom is -0.491 e. The summed E-state index contributed by atoms with van der Waals surface area (Å²) in [6.07, 6.45) is 3.76. The summed E-state index contributed by atoms with van der Waals surface area (Å²) >= 11 is 0. The first-order valence-corrected chi connectivity index (χ1v) is 7.62. The summed E-state index contributed by atoms with van der Waals surface area (Å²) in [5.74, 6) is 0.524. The van der Waals surface area contributed by atoms with Crippen molar-refractivity contribution in [3.8, 4) is 5.75 Å². The average Bonchev–Trinajstić information content (AvgIpc) is 2.49. The van der Waals surface area contributed by atoms with Crippen LogP contribution in [0.5, 0.6) is 5.75 Å². The standard InChI is InChI=1S/C16H25FN2O2/c1-20-10-2-3-11-21-16-5-4-13(17)12-15(16)19-8-6-14(18)7-9-19/h4-5,12,14H,2-3,6-11,18H2,1H3. The first kappa shape index (κ1) is 16.0. The molecule has 21 heavy (non-hydrogen) atoms. The van der Waals surface area contributed by atoms with Crippen LogP contribution >= 0.6 is 0 Å². The van der Waals surface area contributed by atoms with E-state index in [0.29, 0.717) is 6.61 Å². The number of nitrogens with zero attached hydrogens (tertiary/aromatic N) is 1. The third-order valence-electron chi connectivity index (χ3n) is 3.80. The number of hydrogen-bond donors (Lipinski definition) is 1. The molecule has 0 aliphatic carbocycles. The molecule has 1 saturated heterocycles. The number of piperidine rings is 1. The molecule has 0 saturated carbocycles. The summed E-state index contributed by atoms with van der Waals surface area (Å²) in [6, 6.07) is 4.98. The molecule has 1 aliphatic rings. The van der Waals surface area contributed by atoms with Crippen LogP contribution in [0.3, 0.4) is 0 Å². The van der Waals surface area contributed by atoms with E-state index in [2.05, 4.69) is 4.90 Å². The molecule has 0 atom stereocenters. The van der Waals surface area contributed by atoms with Gasteiger partial charge in [0.05, 0.1) is 12.3 Å². The minimum absolute atomic E-state index is 0.230. The number of halogens is 1. The molecule has 0 amide bonds. The average molecular weight is 296 g/mol. The van der Waals surface area contributed by atoms with E-state index in [1.807, 2.05) is 0 Å². The van der Waals surface area contributed by atoms with Crippen LogP contribution in [-0.2, 0) is 4.74 Å². The number of ether oxygens (including phenoxy) is 2. The zero-order valence-corrected chi connectivity index (χ0v) is 12.7. The zero-order chi connectivity index (χ0) is 15.1. The molecule has 1 aromatic carbocycles. The highest BCUT2D eigenvalue weighted by atomic mass is 19.1. The lowest BCUT2D eigenvalue weighted by Gasteiger charge is -2.33. The molecule has 0 radical (unpaired) electrons. The monoisotopic (exact) mass is 296 g/mol. The molecule has 2 N–H and O–H groups in total. The molecular formula is C16H25FN2O2. The molecule has 0 unspecified atom stereocenters. The lowest BCUT2D eigenvalue weighted by atomic mass is 10.1. The smallest absolute Gasteiger partial charge is 0.142 e. The van der Waals surface area contributed by atoms with Crippen molar-refractivity contribution in [1.29, 1.82) is 0 Å². The SMILES string of the molecule is COCCCCOc1ccc(F)cc1N1CCC(N)CC1. The number of nitrogens with two attached hydrogens (primary N) is 1. The Morgan fingerprint density at radius 3 is 2.67 bits per heavy atom. The second kappa shape index (κ2) is 8.20. The fraction of sp³-hybridized carbons (Fsp3) is 0.625. The molecule has 1 fully saturated rings. The van der Waals surface area contributed by atoms with Crippen molar-refractivity contribution in [3.63, 3.8) is 0 Å². The van der Waals surface area contributed by atoms with Gasteiger partial charge in [-0.25, -0.2) is 4.39 Å². The highest BCUT2D eigenvalue weighted by molar-refractivity contribution is 5.59. The van der Waals surface area contributed by atoms with Crippen molar-refractivity contribution in [1.82, 2.24) is 0 Å². The molecule has 0 spiro atoms. The van der Waals surface area contributed by atoms with E-state index < -0.39 is 0 Å². The highest BCUT2D eigenvalue weighted by Gasteiger charge is 2.19. The van der Waals surface area contributed by atoms with Crippen LogP contribution in [0.1, 0.15) is 25.7 Å². The lowest BCUT2D eigenvalue weighted by Crippen LogP contribution is -2.39. The van der Waals surface area contributed by atoms with Crippen molar-refractivity contribution in [2.24, 2.45) is 5.73 Å². The Morgan fingerprint density at radius 1 is 1.24 bits per heavy atom. The Hall–Kier alpha value is -1.33. The zero-order valence-electron chi connectivity index (χ0n) is 12.7. The van der Waals surface area contributed by atoms with Crippen LogP contribution in [0.4, 0.5) is 10.1 Å². The number of methoxy groups -OCH3 is 1. The Kier molecular flexibility index (Phi) is 6.26. The summed E-state index contributed by atoms with van der Waals surface area (Å²) in [5, 5.41) is 0. The van der Waals surface area contributed by atoms with Gasteiger partial charge in [-0.1, -0.05) is 0 Å². The van der Waals surface area contributed by atoms with Gasteiger partial charge in [0, 0.05) is 38.9 Å². The van der Waals surface area contributed by atoms with Crippen molar-refractivity contribution in [2.45, 2.75) is 31.7 Å². The normalized spacial score (nSPS) is 16.2. The van der Waals surface area contributed by atoms with Gasteiger partial charge in [0.25, 0.3) is 0 Å². The number of anilines is 1. The second-order valence-electron chi connectivity index (χ2n) is 5.48. The predicted molar refractivity (Wildman–Crippen MR) is 82.4 cm³/mol. The molecule has 118 valence electrons. The van der Waals surface area contributed by atoms with E-state index in [9.17, 15) is 4.39 Å². The van der Waals surface area contributed by atoms with Crippen LogP contribution in [0.25, 0.3) is 0 Å². The van der Waals surface area contributed by atoms with Crippen LogP contribution in [0.2, 0.25) is 0 Å². The Morgan fingerprint density at radius 2 is 1.95 bits per heavy atom. The third-order valence-corrected chi connectivity index (χ3v) is 3.80. The summed E-state index contributed by atoms with van der Waals surface area (Å²) in [5.41, 5.74) is 6.77. The molecule has 0 bridgehead atoms. The van der Waals surface area contributed by atoms with Crippen molar-refractivity contribution in [2.75, 3.05) is 38.3 Å². The van der Waals surface area contributed by atoms with Gasteiger partial charge < -0.3 is 20.1 Å². The second-order valence-corrected chi connectivity index (χ2v) is 5.48. The maximum atomic E-state index is 13.5. The van der Waals surface area contributed by atoms with Crippen LogP contribution in [0.15, 0.2) is 18.2 Å². The van der Waals surface area contributed by atoms with E-state index in [1.54, 1.807) is 19.2 Å². The quantitative estimate of drug-likeness (QED) is 0.786. The Labute approximate surface area is 126 Å². The van der Waals surface area contributed by atoms with Gasteiger partial charge in [-0.05, 0) is 37.8 Å². The molecule has 1 aliphatic heterocycles. The Balaban J connectivity index is 1.96. The maximum absolute atomic E-state index is 13.5. The van der Waals surface area contributed by atoms with Gasteiger partial charge >= 0.3 is 0 Å². The van der Waals surface area contributed by atoms with Gasteiger partial charge in [-0.2, -0.15) is 0 Å². The van der Waals surface area contributed by atoms with Gasteiger partial charge in [-0.3, -0.25) is 0 Å². The van der Waals surface area contributed by atoms with Gasteiger partial charge in [0.1, 0.15) is 11.6 Å².